The van der Waals surface area contributed by atoms with Gasteiger partial charge in [0.2, 0.25) is 0 Å². The molecule has 0 saturated carbocycles. The van der Waals surface area contributed by atoms with Crippen LogP contribution in [0.2, 0.25) is 0 Å². The van der Waals surface area contributed by atoms with E-state index in [-0.39, 0.29) is 17.5 Å². The molecule has 1 unspecified atom stereocenters. The normalized spacial score (nSPS) is 12.6. The van der Waals surface area contributed by atoms with Gasteiger partial charge in [-0.15, -0.1) is 0 Å². The maximum absolute atomic E-state index is 9.69. The molecule has 0 aliphatic carbocycles. The Kier molecular flexibility index (Phi) is 6.49. The third-order valence-electron chi connectivity index (χ3n) is 2.61. The van der Waals surface area contributed by atoms with E-state index in [0.29, 0.717) is 26.4 Å². The van der Waals surface area contributed by atoms with Crippen LogP contribution in [0.1, 0.15) is 18.5 Å². The first-order valence-corrected chi connectivity index (χ1v) is 5.97. The lowest BCUT2D eigenvalue weighted by atomic mass is 10.1. The van der Waals surface area contributed by atoms with Gasteiger partial charge in [0.05, 0.1) is 19.8 Å². The SMILES string of the molecule is COCCOCCNC(C)c1ccc(O)cc1O. The smallest absolute Gasteiger partial charge is 0.124 e. The molecule has 0 radical (unpaired) electrons. The Bertz CT molecular complexity index is 357. The number of hydrogen-bond acceptors (Lipinski definition) is 5. The van der Waals surface area contributed by atoms with E-state index >= 15 is 0 Å². The maximum Gasteiger partial charge on any atom is 0.124 e. The van der Waals surface area contributed by atoms with Crippen molar-refractivity contribution in [1.82, 2.24) is 5.32 Å². The molecule has 0 heterocycles. The fraction of sp³-hybridized carbons (Fsp3) is 0.538. The zero-order valence-corrected chi connectivity index (χ0v) is 10.8. The van der Waals surface area contributed by atoms with Gasteiger partial charge in [0.25, 0.3) is 0 Å². The summed E-state index contributed by atoms with van der Waals surface area (Å²) in [7, 11) is 1.64. The summed E-state index contributed by atoms with van der Waals surface area (Å²) >= 11 is 0. The highest BCUT2D eigenvalue weighted by Gasteiger charge is 2.09. The summed E-state index contributed by atoms with van der Waals surface area (Å²) in [5.41, 5.74) is 0.754. The number of benzene rings is 1. The first-order valence-electron chi connectivity index (χ1n) is 5.97. The van der Waals surface area contributed by atoms with Gasteiger partial charge in [0.15, 0.2) is 0 Å². The van der Waals surface area contributed by atoms with Crippen molar-refractivity contribution in [3.8, 4) is 11.5 Å². The molecule has 1 rings (SSSR count). The van der Waals surface area contributed by atoms with Gasteiger partial charge in [-0.2, -0.15) is 0 Å². The molecule has 0 fully saturated rings. The molecule has 102 valence electrons. The van der Waals surface area contributed by atoms with E-state index in [4.69, 9.17) is 9.47 Å². The van der Waals surface area contributed by atoms with Crippen molar-refractivity contribution in [2.75, 3.05) is 33.5 Å². The topological polar surface area (TPSA) is 71.0 Å². The summed E-state index contributed by atoms with van der Waals surface area (Å²) in [6.07, 6.45) is 0. The second-order valence-electron chi connectivity index (χ2n) is 4.02. The number of methoxy groups -OCH3 is 1. The van der Waals surface area contributed by atoms with Gasteiger partial charge in [0, 0.05) is 31.3 Å². The Morgan fingerprint density at radius 2 is 2.00 bits per heavy atom. The molecule has 1 aromatic carbocycles. The van der Waals surface area contributed by atoms with E-state index in [1.807, 2.05) is 6.92 Å². The summed E-state index contributed by atoms with van der Waals surface area (Å²) in [4.78, 5) is 0. The van der Waals surface area contributed by atoms with Crippen molar-refractivity contribution in [3.05, 3.63) is 23.8 Å². The van der Waals surface area contributed by atoms with Gasteiger partial charge in [-0.1, -0.05) is 6.07 Å². The van der Waals surface area contributed by atoms with Crippen molar-refractivity contribution in [2.45, 2.75) is 13.0 Å². The second-order valence-corrected chi connectivity index (χ2v) is 4.02. The molecule has 0 saturated heterocycles. The first kappa shape index (κ1) is 14.8. The molecule has 18 heavy (non-hydrogen) atoms. The van der Waals surface area contributed by atoms with Gasteiger partial charge in [-0.05, 0) is 13.0 Å². The largest absolute Gasteiger partial charge is 0.508 e. The van der Waals surface area contributed by atoms with Crippen molar-refractivity contribution in [2.24, 2.45) is 0 Å². The molecular weight excluding hydrogens is 234 g/mol. The minimum Gasteiger partial charge on any atom is -0.508 e. The molecule has 0 aliphatic rings. The van der Waals surface area contributed by atoms with Crippen LogP contribution >= 0.6 is 0 Å². The highest BCUT2D eigenvalue weighted by Crippen LogP contribution is 2.27. The number of ether oxygens (including phenoxy) is 2. The van der Waals surface area contributed by atoms with E-state index in [9.17, 15) is 10.2 Å². The maximum atomic E-state index is 9.69. The predicted octanol–water partition coefficient (Wildman–Crippen LogP) is 1.41. The molecule has 0 bridgehead atoms. The van der Waals surface area contributed by atoms with E-state index in [1.165, 1.54) is 6.07 Å². The van der Waals surface area contributed by atoms with Crippen LogP contribution < -0.4 is 5.32 Å². The fourth-order valence-electron chi connectivity index (χ4n) is 1.60. The van der Waals surface area contributed by atoms with Crippen LogP contribution in [-0.4, -0.2) is 43.7 Å². The lowest BCUT2D eigenvalue weighted by molar-refractivity contribution is 0.0712. The lowest BCUT2D eigenvalue weighted by Crippen LogP contribution is -2.23. The fourth-order valence-corrected chi connectivity index (χ4v) is 1.60. The Hall–Kier alpha value is -1.30. The van der Waals surface area contributed by atoms with Crippen molar-refractivity contribution >= 4 is 0 Å². The van der Waals surface area contributed by atoms with Crippen LogP contribution in [0, 0.1) is 0 Å². The number of nitrogens with one attached hydrogen (secondary N) is 1. The number of phenolic OH excluding ortho intramolecular Hbond substituents is 2. The van der Waals surface area contributed by atoms with Crippen LogP contribution in [-0.2, 0) is 9.47 Å². The summed E-state index contributed by atoms with van der Waals surface area (Å²) in [5, 5.41) is 22.1. The predicted molar refractivity (Wildman–Crippen MR) is 68.9 cm³/mol. The summed E-state index contributed by atoms with van der Waals surface area (Å²) in [6, 6.07) is 4.59. The third-order valence-corrected chi connectivity index (χ3v) is 2.61. The summed E-state index contributed by atoms with van der Waals surface area (Å²) in [6.45, 7) is 4.39. The molecule has 1 atom stereocenters. The zero-order chi connectivity index (χ0) is 13.4. The number of hydrogen-bond donors (Lipinski definition) is 3. The molecule has 0 aliphatic heterocycles. The van der Waals surface area contributed by atoms with Crippen molar-refractivity contribution < 1.29 is 19.7 Å². The molecule has 0 aromatic heterocycles. The second kappa shape index (κ2) is 7.92. The zero-order valence-electron chi connectivity index (χ0n) is 10.8. The van der Waals surface area contributed by atoms with Crippen LogP contribution in [0.3, 0.4) is 0 Å². The lowest BCUT2D eigenvalue weighted by Gasteiger charge is -2.15. The van der Waals surface area contributed by atoms with E-state index in [1.54, 1.807) is 19.2 Å². The van der Waals surface area contributed by atoms with Gasteiger partial charge >= 0.3 is 0 Å². The van der Waals surface area contributed by atoms with E-state index < -0.39 is 0 Å². The van der Waals surface area contributed by atoms with E-state index in [0.717, 1.165) is 5.56 Å². The minimum atomic E-state index is -0.00312. The number of rotatable bonds is 8. The van der Waals surface area contributed by atoms with Crippen LogP contribution in [0.15, 0.2) is 18.2 Å². The molecule has 5 nitrogen and oxygen atoms in total. The average molecular weight is 255 g/mol. The van der Waals surface area contributed by atoms with Gasteiger partial charge < -0.3 is 25.0 Å². The highest BCUT2D eigenvalue weighted by atomic mass is 16.5. The Balaban J connectivity index is 2.29. The Labute approximate surface area is 107 Å². The highest BCUT2D eigenvalue weighted by molar-refractivity contribution is 5.40. The molecular formula is C13H21NO4. The van der Waals surface area contributed by atoms with Gasteiger partial charge in [-0.3, -0.25) is 0 Å². The Morgan fingerprint density at radius 3 is 2.67 bits per heavy atom. The molecule has 1 aromatic rings. The van der Waals surface area contributed by atoms with Crippen LogP contribution in [0.25, 0.3) is 0 Å². The van der Waals surface area contributed by atoms with Crippen LogP contribution in [0.4, 0.5) is 0 Å². The molecule has 0 amide bonds. The number of phenols is 2. The van der Waals surface area contributed by atoms with Gasteiger partial charge in [0.1, 0.15) is 11.5 Å². The van der Waals surface area contributed by atoms with Crippen molar-refractivity contribution in [3.63, 3.8) is 0 Å². The molecule has 5 heteroatoms. The van der Waals surface area contributed by atoms with Crippen molar-refractivity contribution in [1.29, 1.82) is 0 Å². The van der Waals surface area contributed by atoms with Crippen LogP contribution in [0.5, 0.6) is 11.5 Å². The molecule has 0 spiro atoms. The van der Waals surface area contributed by atoms with E-state index in [2.05, 4.69) is 5.32 Å². The number of aromatic hydroxyl groups is 2. The molecule has 3 N–H and O–H groups in total. The summed E-state index contributed by atoms with van der Waals surface area (Å²) in [5.74, 6) is 0.154. The average Bonchev–Trinajstić information content (AvgIpc) is 2.33. The first-order chi connectivity index (χ1) is 8.65. The standard InChI is InChI=1S/C13H21NO4/c1-10(14-5-6-18-8-7-17-2)12-4-3-11(15)9-13(12)16/h3-4,9-10,14-16H,5-8H2,1-2H3. The van der Waals surface area contributed by atoms with Gasteiger partial charge in [-0.25, -0.2) is 0 Å². The minimum absolute atomic E-state index is 0.00312. The Morgan fingerprint density at radius 1 is 1.22 bits per heavy atom. The monoisotopic (exact) mass is 255 g/mol. The summed E-state index contributed by atoms with van der Waals surface area (Å²) < 4.78 is 10.2. The quantitative estimate of drug-likeness (QED) is 0.613. The third kappa shape index (κ3) is 4.91.